The molecule has 4 bridgehead atoms. The number of rotatable bonds is 10. The van der Waals surface area contributed by atoms with Crippen LogP contribution in [0.15, 0.2) is 36.4 Å². The molecule has 2 aromatic carbocycles. The molecule has 0 amide bonds. The molecule has 62 heavy (non-hydrogen) atoms. The Morgan fingerprint density at radius 1 is 0.661 bits per heavy atom. The predicted octanol–water partition coefficient (Wildman–Crippen LogP) is 4.70. The molecule has 5 heterocycles. The van der Waals surface area contributed by atoms with Crippen LogP contribution < -0.4 is 18.9 Å². The van der Waals surface area contributed by atoms with Crippen LogP contribution in [0.2, 0.25) is 0 Å². The van der Waals surface area contributed by atoms with E-state index in [1.165, 1.54) is 37.0 Å². The molecule has 2 spiro atoms. The molecule has 4 aliphatic heterocycles. The number of ketones is 2. The molecule has 2 saturated heterocycles. The van der Waals surface area contributed by atoms with Crippen molar-refractivity contribution in [2.45, 2.75) is 143 Å². The first-order chi connectivity index (χ1) is 30.0. The number of likely N-dealkylation sites (tertiary alicyclic amines) is 2. The second kappa shape index (κ2) is 13.2. The van der Waals surface area contributed by atoms with E-state index in [1.54, 1.807) is 12.1 Å². The van der Waals surface area contributed by atoms with Crippen molar-refractivity contribution in [1.82, 2.24) is 9.80 Å². The zero-order chi connectivity index (χ0) is 41.9. The minimum Gasteiger partial charge on any atom is -0.477 e. The number of piperidine rings is 1. The van der Waals surface area contributed by atoms with E-state index < -0.39 is 46.2 Å². The van der Waals surface area contributed by atoms with Gasteiger partial charge in [0.1, 0.15) is 0 Å². The second-order valence-corrected chi connectivity index (χ2v) is 21.7. The highest BCUT2D eigenvalue weighted by Crippen LogP contribution is 2.66. The molecule has 4 saturated carbocycles. The molecule has 3 aromatic rings. The Bertz CT molecular complexity index is 2490. The van der Waals surface area contributed by atoms with Crippen molar-refractivity contribution < 1.29 is 48.3 Å². The summed E-state index contributed by atoms with van der Waals surface area (Å²) in [5.41, 5.74) is -0.121. The van der Waals surface area contributed by atoms with Gasteiger partial charge in [0.15, 0.2) is 46.8 Å². The third-order valence-corrected chi connectivity index (χ3v) is 18.2. The normalized spacial score (nSPS) is 36.0. The SMILES string of the molecule is O=C(Cc1ccc(CC(=O)Oc2ccc3c4c2O[C@H]2C(=O)CC[C@@]5(O)[C@@H](C3)N(CC3CC3)CC[C@]425)s1)Oc1ccc2c3c1O[C@H]1C(=O)CC[C@@]4(O)[C@@H](C2)N(CC2CC2)CCC[C@]314. The number of carbonyl (C=O) groups is 4. The van der Waals surface area contributed by atoms with Gasteiger partial charge in [-0.15, -0.1) is 11.3 Å². The van der Waals surface area contributed by atoms with Gasteiger partial charge >= 0.3 is 11.9 Å². The minimum atomic E-state index is -1.12. The van der Waals surface area contributed by atoms with Gasteiger partial charge in [-0.2, -0.15) is 0 Å². The lowest BCUT2D eigenvalue weighted by molar-refractivity contribution is -0.188. The lowest BCUT2D eigenvalue weighted by atomic mass is 9.49. The topological polar surface area (TPSA) is 152 Å². The molecule has 2 N–H and O–H groups in total. The zero-order valence-electron chi connectivity index (χ0n) is 34.8. The van der Waals surface area contributed by atoms with Gasteiger partial charge in [-0.05, 0) is 131 Å². The van der Waals surface area contributed by atoms with Gasteiger partial charge in [0.2, 0.25) is 0 Å². The number of aliphatic hydroxyl groups is 2. The summed E-state index contributed by atoms with van der Waals surface area (Å²) in [6.07, 6.45) is 8.02. The van der Waals surface area contributed by atoms with Crippen molar-refractivity contribution in [3.05, 3.63) is 68.4 Å². The number of hydrogen-bond donors (Lipinski definition) is 2. The maximum absolute atomic E-state index is 13.6. The van der Waals surface area contributed by atoms with Crippen molar-refractivity contribution in [3.8, 4) is 23.0 Å². The highest BCUT2D eigenvalue weighted by atomic mass is 32.1. The molecular formula is C49H52N2O10S. The number of carbonyl (C=O) groups excluding carboxylic acids is 4. The molecule has 1 aromatic heterocycles. The Morgan fingerprint density at radius 3 is 1.65 bits per heavy atom. The monoisotopic (exact) mass is 860 g/mol. The van der Waals surface area contributed by atoms with Crippen LogP contribution in [0, 0.1) is 11.8 Å². The van der Waals surface area contributed by atoms with Crippen molar-refractivity contribution in [1.29, 1.82) is 0 Å². The van der Waals surface area contributed by atoms with E-state index in [9.17, 15) is 29.4 Å². The van der Waals surface area contributed by atoms with E-state index in [0.717, 1.165) is 54.9 Å². The predicted molar refractivity (Wildman–Crippen MR) is 224 cm³/mol. The summed E-state index contributed by atoms with van der Waals surface area (Å²) in [6, 6.07) is 11.0. The number of esters is 2. The molecule has 13 rings (SSSR count). The standard InChI is InChI=1S/C49H52N2O10S/c52-32-12-15-48(56)36-20-28-6-10-34(42-40(28)46(48,44(32)60-42)14-1-18-50(36)24-26-2-3-26)58-38(54)22-30-8-9-31(62-30)23-39(55)59-35-11-7-29-21-37-49(57)16-13-33(53)45-47(49,41(29)43(35)61-45)17-19-51(37)25-27-4-5-27/h6-11,26-27,36-37,44-45,56-57H,1-5,12-25H2/t36-,37-,44+,45+,46+,47+,48-,49-/m1/s1. The third-order valence-electron chi connectivity index (χ3n) is 17.1. The zero-order valence-corrected chi connectivity index (χ0v) is 35.6. The van der Waals surface area contributed by atoms with Gasteiger partial charge in [0.05, 0.1) is 34.9 Å². The average molecular weight is 861 g/mol. The van der Waals surface area contributed by atoms with Crippen LogP contribution in [0.25, 0.3) is 0 Å². The maximum Gasteiger partial charge on any atom is 0.316 e. The van der Waals surface area contributed by atoms with Crippen molar-refractivity contribution in [2.24, 2.45) is 11.8 Å². The van der Waals surface area contributed by atoms with Crippen molar-refractivity contribution in [2.75, 3.05) is 26.2 Å². The molecule has 10 aliphatic rings. The smallest absolute Gasteiger partial charge is 0.316 e. The van der Waals surface area contributed by atoms with Gasteiger partial charge < -0.3 is 29.2 Å². The molecule has 324 valence electrons. The van der Waals surface area contributed by atoms with Crippen LogP contribution in [-0.4, -0.2) is 105 Å². The molecule has 13 heteroatoms. The number of nitrogens with zero attached hydrogens (tertiary/aromatic N) is 2. The third kappa shape index (κ3) is 5.20. The fourth-order valence-corrected chi connectivity index (χ4v) is 15.1. The minimum absolute atomic E-state index is 0.00373. The van der Waals surface area contributed by atoms with Crippen LogP contribution >= 0.6 is 11.3 Å². The lowest BCUT2D eigenvalue weighted by Crippen LogP contribution is -2.76. The van der Waals surface area contributed by atoms with Gasteiger partial charge in [-0.25, -0.2) is 0 Å². The quantitative estimate of drug-likeness (QED) is 0.215. The Labute approximate surface area is 363 Å². The van der Waals surface area contributed by atoms with E-state index in [2.05, 4.69) is 9.80 Å². The summed E-state index contributed by atoms with van der Waals surface area (Å²) in [7, 11) is 0. The first-order valence-electron chi connectivity index (χ1n) is 23.1. The summed E-state index contributed by atoms with van der Waals surface area (Å²) < 4.78 is 25.1. The summed E-state index contributed by atoms with van der Waals surface area (Å²) in [5.74, 6) is 1.72. The maximum atomic E-state index is 13.6. The molecule has 12 nitrogen and oxygen atoms in total. The number of thiophene rings is 1. The van der Waals surface area contributed by atoms with E-state index in [-0.39, 0.29) is 60.8 Å². The fraction of sp³-hybridized carbons (Fsp3) is 0.592. The van der Waals surface area contributed by atoms with Crippen LogP contribution in [-0.2, 0) is 55.7 Å². The first-order valence-corrected chi connectivity index (χ1v) is 23.9. The second-order valence-electron chi connectivity index (χ2n) is 20.4. The average Bonchev–Trinajstić information content (AvgIpc) is 4.14. The Kier molecular flexibility index (Phi) is 8.17. The largest absolute Gasteiger partial charge is 0.477 e. The fourth-order valence-electron chi connectivity index (χ4n) is 14.1. The van der Waals surface area contributed by atoms with Crippen LogP contribution in [0.4, 0.5) is 0 Å². The van der Waals surface area contributed by atoms with Gasteiger partial charge in [0.25, 0.3) is 0 Å². The lowest BCUT2D eigenvalue weighted by Gasteiger charge is -2.62. The first kappa shape index (κ1) is 38.3. The van der Waals surface area contributed by atoms with Crippen molar-refractivity contribution in [3.63, 3.8) is 0 Å². The highest BCUT2D eigenvalue weighted by Gasteiger charge is 2.74. The Morgan fingerprint density at radius 2 is 1.15 bits per heavy atom. The Hall–Kier alpha value is -4.14. The number of Topliss-reactive ketones (excluding diaryl/α,β-unsaturated/α-hetero) is 2. The van der Waals surface area contributed by atoms with E-state index in [1.807, 2.05) is 24.3 Å². The summed E-state index contributed by atoms with van der Waals surface area (Å²) in [6.45, 7) is 3.64. The van der Waals surface area contributed by atoms with Gasteiger partial charge in [-0.3, -0.25) is 29.0 Å². The number of ether oxygens (including phenoxy) is 4. The molecule has 6 fully saturated rings. The van der Waals surface area contributed by atoms with Crippen LogP contribution in [0.5, 0.6) is 23.0 Å². The van der Waals surface area contributed by atoms with Crippen molar-refractivity contribution >= 4 is 34.8 Å². The van der Waals surface area contributed by atoms with Crippen LogP contribution in [0.3, 0.4) is 0 Å². The number of hydrogen-bond acceptors (Lipinski definition) is 13. The number of benzene rings is 2. The molecule has 6 aliphatic carbocycles. The molecular weight excluding hydrogens is 809 g/mol. The van der Waals surface area contributed by atoms with Crippen LogP contribution in [0.1, 0.15) is 103 Å². The van der Waals surface area contributed by atoms with Gasteiger partial charge in [0, 0.05) is 58.9 Å². The highest BCUT2D eigenvalue weighted by molar-refractivity contribution is 7.12. The van der Waals surface area contributed by atoms with E-state index in [4.69, 9.17) is 18.9 Å². The van der Waals surface area contributed by atoms with E-state index in [0.29, 0.717) is 71.6 Å². The summed E-state index contributed by atoms with van der Waals surface area (Å²) >= 11 is 1.33. The summed E-state index contributed by atoms with van der Waals surface area (Å²) in [4.78, 5) is 60.6. The summed E-state index contributed by atoms with van der Waals surface area (Å²) in [5, 5.41) is 25.4. The van der Waals surface area contributed by atoms with E-state index >= 15 is 0 Å². The molecule has 8 atom stereocenters. The molecule has 0 unspecified atom stereocenters. The Balaban J connectivity index is 0.715. The van der Waals surface area contributed by atoms with Gasteiger partial charge in [-0.1, -0.05) is 12.1 Å². The molecule has 0 radical (unpaired) electrons.